The molecular weight excluding hydrogens is 312 g/mol. The minimum Gasteiger partial charge on any atom is -0.337 e. The highest BCUT2D eigenvalue weighted by molar-refractivity contribution is 5.79. The number of amides is 1. The van der Waals surface area contributed by atoms with E-state index in [1.807, 2.05) is 19.0 Å². The lowest BCUT2D eigenvalue weighted by Gasteiger charge is -2.33. The van der Waals surface area contributed by atoms with Gasteiger partial charge in [0.25, 0.3) is 0 Å². The maximum atomic E-state index is 13.5. The zero-order chi connectivity index (χ0) is 17.7. The Kier molecular flexibility index (Phi) is 6.69. The minimum absolute atomic E-state index is 0.00583. The molecule has 1 amide bonds. The molecule has 1 saturated heterocycles. The second-order valence-corrected chi connectivity index (χ2v) is 6.89. The van der Waals surface area contributed by atoms with E-state index in [4.69, 9.17) is 0 Å². The molecule has 0 saturated carbocycles. The fourth-order valence-electron chi connectivity index (χ4n) is 3.06. The summed E-state index contributed by atoms with van der Waals surface area (Å²) in [6.45, 7) is 4.53. The average Bonchev–Trinajstić information content (AvgIpc) is 2.54. The molecule has 0 radical (unpaired) electrons. The van der Waals surface area contributed by atoms with Crippen LogP contribution in [0.1, 0.15) is 25.3 Å². The summed E-state index contributed by atoms with van der Waals surface area (Å²) < 4.78 is 26.6. The van der Waals surface area contributed by atoms with E-state index in [0.717, 1.165) is 32.0 Å². The molecule has 0 bridgehead atoms. The first-order valence-corrected chi connectivity index (χ1v) is 8.47. The summed E-state index contributed by atoms with van der Waals surface area (Å²) >= 11 is 0. The van der Waals surface area contributed by atoms with E-state index < -0.39 is 11.6 Å². The molecule has 0 aliphatic carbocycles. The van der Waals surface area contributed by atoms with Crippen LogP contribution in [0.2, 0.25) is 0 Å². The van der Waals surface area contributed by atoms with Crippen LogP contribution in [0.15, 0.2) is 18.2 Å². The van der Waals surface area contributed by atoms with Gasteiger partial charge in [-0.1, -0.05) is 6.07 Å². The number of piperidine rings is 1. The molecule has 1 N–H and O–H groups in total. The van der Waals surface area contributed by atoms with Gasteiger partial charge in [0.15, 0.2) is 11.6 Å². The van der Waals surface area contributed by atoms with Crippen molar-refractivity contribution in [2.75, 3.05) is 33.7 Å². The number of rotatable bonds is 6. The molecule has 1 aliphatic heterocycles. The summed E-state index contributed by atoms with van der Waals surface area (Å²) in [7, 11) is 3.90. The second kappa shape index (κ2) is 8.53. The molecule has 1 heterocycles. The third-order valence-electron chi connectivity index (χ3n) is 4.46. The van der Waals surface area contributed by atoms with Crippen molar-refractivity contribution in [1.29, 1.82) is 0 Å². The van der Waals surface area contributed by atoms with Gasteiger partial charge >= 0.3 is 0 Å². The third kappa shape index (κ3) is 5.24. The molecule has 0 unspecified atom stereocenters. The topological polar surface area (TPSA) is 35.6 Å². The number of benzene rings is 1. The summed E-state index contributed by atoms with van der Waals surface area (Å²) in [5.74, 6) is -1.64. The van der Waals surface area contributed by atoms with Crippen molar-refractivity contribution in [1.82, 2.24) is 15.1 Å². The minimum atomic E-state index is -0.872. The van der Waals surface area contributed by atoms with Gasteiger partial charge in [-0.05, 0) is 58.1 Å². The van der Waals surface area contributed by atoms with Crippen molar-refractivity contribution < 1.29 is 13.6 Å². The first-order valence-electron chi connectivity index (χ1n) is 8.47. The van der Waals surface area contributed by atoms with Crippen LogP contribution in [0.25, 0.3) is 0 Å². The van der Waals surface area contributed by atoms with E-state index in [0.29, 0.717) is 24.7 Å². The quantitative estimate of drug-likeness (QED) is 0.863. The predicted octanol–water partition coefficient (Wildman–Crippen LogP) is 2.24. The molecule has 0 aromatic heterocycles. The van der Waals surface area contributed by atoms with Crippen molar-refractivity contribution in [3.8, 4) is 0 Å². The summed E-state index contributed by atoms with van der Waals surface area (Å²) in [6.07, 6.45) is 1.63. The Labute approximate surface area is 142 Å². The van der Waals surface area contributed by atoms with Gasteiger partial charge in [0.2, 0.25) is 5.91 Å². The number of carbonyl (C=O) groups excluding carboxylic acids is 1. The van der Waals surface area contributed by atoms with Gasteiger partial charge in [0.1, 0.15) is 0 Å². The van der Waals surface area contributed by atoms with E-state index in [1.54, 1.807) is 11.0 Å². The Balaban J connectivity index is 2.10. The fraction of sp³-hybridized carbons (Fsp3) is 0.611. The molecule has 24 heavy (non-hydrogen) atoms. The third-order valence-corrected chi connectivity index (χ3v) is 4.46. The summed E-state index contributed by atoms with van der Waals surface area (Å²) in [4.78, 5) is 16.7. The standard InChI is InChI=1S/C18H27F2N3O/c1-13-10-15(6-7-21-13)18(24)23(9-8-22(2)3)12-14-4-5-16(19)17(20)11-14/h4-5,11,13,15,21H,6-10,12H2,1-3H3/t13-,15-/m0/s1. The van der Waals surface area contributed by atoms with Gasteiger partial charge in [0, 0.05) is 31.6 Å². The van der Waals surface area contributed by atoms with Gasteiger partial charge in [0.05, 0.1) is 0 Å². The zero-order valence-corrected chi connectivity index (χ0v) is 14.7. The van der Waals surface area contributed by atoms with Crippen LogP contribution in [-0.4, -0.2) is 55.5 Å². The van der Waals surface area contributed by atoms with Crippen molar-refractivity contribution in [3.63, 3.8) is 0 Å². The average molecular weight is 339 g/mol. The van der Waals surface area contributed by atoms with Crippen LogP contribution in [0, 0.1) is 17.6 Å². The van der Waals surface area contributed by atoms with Gasteiger partial charge in [-0.2, -0.15) is 0 Å². The van der Waals surface area contributed by atoms with Gasteiger partial charge in [-0.3, -0.25) is 4.79 Å². The SMILES string of the molecule is C[C@H]1C[C@@H](C(=O)N(CCN(C)C)Cc2ccc(F)c(F)c2)CCN1. The largest absolute Gasteiger partial charge is 0.337 e. The highest BCUT2D eigenvalue weighted by Gasteiger charge is 2.28. The molecule has 1 aromatic rings. The lowest BCUT2D eigenvalue weighted by atomic mass is 9.92. The van der Waals surface area contributed by atoms with Gasteiger partial charge < -0.3 is 15.1 Å². The molecule has 2 rings (SSSR count). The number of nitrogens with zero attached hydrogens (tertiary/aromatic N) is 2. The number of hydrogen-bond donors (Lipinski definition) is 1. The lowest BCUT2D eigenvalue weighted by molar-refractivity contribution is -0.137. The number of halogens is 2. The highest BCUT2D eigenvalue weighted by atomic mass is 19.2. The maximum Gasteiger partial charge on any atom is 0.226 e. The van der Waals surface area contributed by atoms with Crippen LogP contribution in [0.3, 0.4) is 0 Å². The molecule has 1 fully saturated rings. The van der Waals surface area contributed by atoms with E-state index in [1.165, 1.54) is 6.07 Å². The van der Waals surface area contributed by atoms with Crippen molar-refractivity contribution in [2.24, 2.45) is 5.92 Å². The normalized spacial score (nSPS) is 21.1. The van der Waals surface area contributed by atoms with E-state index >= 15 is 0 Å². The van der Waals surface area contributed by atoms with Crippen molar-refractivity contribution >= 4 is 5.91 Å². The molecule has 1 aliphatic rings. The van der Waals surface area contributed by atoms with E-state index in [9.17, 15) is 13.6 Å². The van der Waals surface area contributed by atoms with Crippen LogP contribution in [-0.2, 0) is 11.3 Å². The zero-order valence-electron chi connectivity index (χ0n) is 14.7. The number of carbonyl (C=O) groups is 1. The molecule has 134 valence electrons. The van der Waals surface area contributed by atoms with E-state index in [-0.39, 0.29) is 11.8 Å². The number of nitrogens with one attached hydrogen (secondary N) is 1. The first-order chi connectivity index (χ1) is 11.4. The Hall–Kier alpha value is -1.53. The number of likely N-dealkylation sites (N-methyl/N-ethyl adjacent to an activating group) is 1. The Morgan fingerprint density at radius 2 is 2.00 bits per heavy atom. The maximum absolute atomic E-state index is 13.5. The monoisotopic (exact) mass is 339 g/mol. The van der Waals surface area contributed by atoms with Gasteiger partial charge in [-0.15, -0.1) is 0 Å². The van der Waals surface area contributed by atoms with Crippen LogP contribution in [0.5, 0.6) is 0 Å². The van der Waals surface area contributed by atoms with Crippen LogP contribution < -0.4 is 5.32 Å². The molecule has 1 aromatic carbocycles. The summed E-state index contributed by atoms with van der Waals surface area (Å²) in [5, 5.41) is 3.35. The Bertz CT molecular complexity index is 565. The van der Waals surface area contributed by atoms with Gasteiger partial charge in [-0.25, -0.2) is 8.78 Å². The van der Waals surface area contributed by atoms with E-state index in [2.05, 4.69) is 12.2 Å². The molecule has 2 atom stereocenters. The second-order valence-electron chi connectivity index (χ2n) is 6.89. The summed E-state index contributed by atoms with van der Waals surface area (Å²) in [6, 6.07) is 4.16. The summed E-state index contributed by atoms with van der Waals surface area (Å²) in [5.41, 5.74) is 0.614. The molecular formula is C18H27F2N3O. The molecule has 0 spiro atoms. The number of hydrogen-bond acceptors (Lipinski definition) is 3. The Morgan fingerprint density at radius 3 is 2.62 bits per heavy atom. The first kappa shape index (κ1) is 18.8. The highest BCUT2D eigenvalue weighted by Crippen LogP contribution is 2.20. The van der Waals surface area contributed by atoms with Crippen LogP contribution >= 0.6 is 0 Å². The van der Waals surface area contributed by atoms with Crippen LogP contribution in [0.4, 0.5) is 8.78 Å². The van der Waals surface area contributed by atoms with Crippen molar-refractivity contribution in [2.45, 2.75) is 32.4 Å². The predicted molar refractivity (Wildman–Crippen MR) is 90.5 cm³/mol. The smallest absolute Gasteiger partial charge is 0.226 e. The molecule has 4 nitrogen and oxygen atoms in total. The lowest BCUT2D eigenvalue weighted by Crippen LogP contribution is -2.45. The Morgan fingerprint density at radius 1 is 1.25 bits per heavy atom. The molecule has 6 heteroatoms. The van der Waals surface area contributed by atoms with Crippen molar-refractivity contribution in [3.05, 3.63) is 35.4 Å². The fourth-order valence-corrected chi connectivity index (χ4v) is 3.06.